The van der Waals surface area contributed by atoms with Crippen molar-refractivity contribution in [2.45, 2.75) is 45.8 Å². The molecular weight excluding hydrogens is 538 g/mol. The van der Waals surface area contributed by atoms with Crippen molar-refractivity contribution in [1.82, 2.24) is 4.90 Å². The topological polar surface area (TPSA) is 84.2 Å². The fourth-order valence-electron chi connectivity index (χ4n) is 4.66. The Morgan fingerprint density at radius 3 is 2.14 bits per heavy atom. The molecule has 0 bridgehead atoms. The molecule has 1 fully saturated rings. The highest BCUT2D eigenvalue weighted by atomic mass is 19.1. The van der Waals surface area contributed by atoms with Gasteiger partial charge in [0.2, 0.25) is 0 Å². The van der Waals surface area contributed by atoms with Gasteiger partial charge in [-0.15, -0.1) is 0 Å². The Morgan fingerprint density at radius 2 is 1.55 bits per heavy atom. The van der Waals surface area contributed by atoms with Crippen molar-refractivity contribution in [2.75, 3.05) is 18.5 Å². The molecule has 2 aliphatic rings. The number of phenolic OH excluding ortho intramolecular Hbond substituents is 1. The molecule has 0 aromatic heterocycles. The fraction of sp³-hybridized carbons (Fsp3) is 0.265. The average Bonchev–Trinajstić information content (AvgIpc) is 3.15. The number of anilines is 1. The number of hydrogen-bond acceptors (Lipinski definition) is 4. The van der Waals surface area contributed by atoms with Crippen molar-refractivity contribution >= 4 is 17.3 Å². The number of halogens is 2. The Kier molecular flexibility index (Phi) is 11.4. The van der Waals surface area contributed by atoms with E-state index < -0.39 is 12.1 Å². The van der Waals surface area contributed by atoms with E-state index >= 15 is 0 Å². The van der Waals surface area contributed by atoms with Gasteiger partial charge in [0, 0.05) is 24.9 Å². The second-order valence-electron chi connectivity index (χ2n) is 9.66. The van der Waals surface area contributed by atoms with Crippen LogP contribution in [0.1, 0.15) is 50.8 Å². The molecule has 1 heterocycles. The first-order valence-corrected chi connectivity index (χ1v) is 14.0. The van der Waals surface area contributed by atoms with Crippen LogP contribution in [0, 0.1) is 11.6 Å². The predicted molar refractivity (Wildman–Crippen MR) is 163 cm³/mol. The third-order valence-electron chi connectivity index (χ3n) is 6.89. The number of aliphatic hydroxyl groups excluding tert-OH is 2. The van der Waals surface area contributed by atoms with Crippen molar-refractivity contribution in [3.05, 3.63) is 125 Å². The van der Waals surface area contributed by atoms with E-state index in [0.29, 0.717) is 30.6 Å². The van der Waals surface area contributed by atoms with Gasteiger partial charge in [-0.05, 0) is 84.1 Å². The minimum Gasteiger partial charge on any atom is -0.508 e. The van der Waals surface area contributed by atoms with E-state index in [9.17, 15) is 28.9 Å². The summed E-state index contributed by atoms with van der Waals surface area (Å²) >= 11 is 0. The number of nitrogens with zero attached hydrogens (tertiary/aromatic N) is 2. The number of amides is 2. The zero-order valence-electron chi connectivity index (χ0n) is 24.3. The maximum Gasteiger partial charge on any atom is 0.324 e. The third kappa shape index (κ3) is 7.85. The lowest BCUT2D eigenvalue weighted by Gasteiger charge is -2.25. The first kappa shape index (κ1) is 32.1. The lowest BCUT2D eigenvalue weighted by molar-refractivity contribution is 0.173. The van der Waals surface area contributed by atoms with Crippen molar-refractivity contribution in [1.29, 1.82) is 0 Å². The number of allylic oxidation sites excluding steroid dienone is 4. The number of aliphatic hydroxyl groups is 2. The number of carbonyl (C=O) groups excluding carboxylic acids is 1. The average molecular weight is 577 g/mol. The van der Waals surface area contributed by atoms with Crippen molar-refractivity contribution in [3.63, 3.8) is 0 Å². The fourth-order valence-corrected chi connectivity index (χ4v) is 4.66. The third-order valence-corrected chi connectivity index (χ3v) is 6.89. The molecule has 3 aromatic rings. The summed E-state index contributed by atoms with van der Waals surface area (Å²) in [5.41, 5.74) is 3.76. The monoisotopic (exact) mass is 576 g/mol. The molecule has 1 aliphatic heterocycles. The normalized spacial score (nSPS) is 17.1. The molecule has 5 rings (SSSR count). The number of aromatic hydroxyl groups is 1. The molecule has 2 amide bonds. The second kappa shape index (κ2) is 15.0. The van der Waals surface area contributed by atoms with Crippen molar-refractivity contribution in [2.24, 2.45) is 0 Å². The van der Waals surface area contributed by atoms with Gasteiger partial charge in [-0.25, -0.2) is 13.6 Å². The first-order valence-electron chi connectivity index (χ1n) is 14.0. The summed E-state index contributed by atoms with van der Waals surface area (Å²) in [6.45, 7) is 6.28. The van der Waals surface area contributed by atoms with Crippen molar-refractivity contribution < 1.29 is 28.9 Å². The molecular formula is C34H38F2N2O4. The number of benzene rings is 3. The van der Waals surface area contributed by atoms with Crippen LogP contribution in [0.4, 0.5) is 19.3 Å². The standard InChI is InChI=1S/C23H21FN2O3.C9H11FO.C2H6/c1-25-14-21(26(23(25)29)18-9-7-17(24)8-10-18)20-11-5-15(6-12-22(20)28)16-3-2-4-19(27)13-16;1-2-9(11)7-3-5-8(10)6-4-7;1-2/h2-5,7-13,21,27-28H,6,14H2,1H3;3-6,9,11H,2H2,1H3;1-2H3. The molecule has 1 aliphatic carbocycles. The lowest BCUT2D eigenvalue weighted by Crippen LogP contribution is -2.36. The zero-order valence-corrected chi connectivity index (χ0v) is 24.3. The molecule has 3 aromatic carbocycles. The molecule has 8 heteroatoms. The first-order chi connectivity index (χ1) is 20.2. The largest absolute Gasteiger partial charge is 0.508 e. The lowest BCUT2D eigenvalue weighted by atomic mass is 10.0. The van der Waals surface area contributed by atoms with Crippen molar-refractivity contribution in [3.8, 4) is 5.75 Å². The summed E-state index contributed by atoms with van der Waals surface area (Å²) in [5, 5.41) is 29.7. The Labute approximate surface area is 246 Å². The predicted octanol–water partition coefficient (Wildman–Crippen LogP) is 7.92. The quantitative estimate of drug-likeness (QED) is 0.288. The molecule has 2 unspecified atom stereocenters. The number of urea groups is 1. The molecule has 42 heavy (non-hydrogen) atoms. The smallest absolute Gasteiger partial charge is 0.324 e. The molecule has 0 saturated carbocycles. The van der Waals surface area contributed by atoms with Gasteiger partial charge in [0.25, 0.3) is 0 Å². The van der Waals surface area contributed by atoms with Gasteiger partial charge in [0.15, 0.2) is 0 Å². The summed E-state index contributed by atoms with van der Waals surface area (Å²) in [4.78, 5) is 15.9. The molecule has 6 nitrogen and oxygen atoms in total. The van der Waals surface area contributed by atoms with E-state index in [1.54, 1.807) is 65.4 Å². The van der Waals surface area contributed by atoms with E-state index in [-0.39, 0.29) is 29.2 Å². The van der Waals surface area contributed by atoms with Crippen LogP contribution in [0.25, 0.3) is 5.57 Å². The summed E-state index contributed by atoms with van der Waals surface area (Å²) in [5.74, 6) is -0.357. The van der Waals surface area contributed by atoms with Crippen LogP contribution in [0.5, 0.6) is 5.75 Å². The SMILES string of the molecule is CC.CCC(O)c1ccc(F)cc1.CN1CC(C2=CC=C(c3cccc(O)c3)CC=C2O)N(c2ccc(F)cc2)C1=O. The number of rotatable bonds is 5. The molecule has 3 N–H and O–H groups in total. The van der Waals surface area contributed by atoms with Crippen LogP contribution in [-0.4, -0.2) is 45.9 Å². The summed E-state index contributed by atoms with van der Waals surface area (Å²) in [6, 6.07) is 18.0. The zero-order chi connectivity index (χ0) is 30.8. The highest BCUT2D eigenvalue weighted by Gasteiger charge is 2.39. The van der Waals surface area contributed by atoms with Gasteiger partial charge in [0.05, 0.1) is 12.1 Å². The maximum absolute atomic E-state index is 13.3. The molecule has 0 spiro atoms. The minimum absolute atomic E-state index is 0.108. The van der Waals surface area contributed by atoms with Crippen LogP contribution in [0.3, 0.4) is 0 Å². The Morgan fingerprint density at radius 1 is 0.929 bits per heavy atom. The highest BCUT2D eigenvalue weighted by molar-refractivity contribution is 5.96. The van der Waals surface area contributed by atoms with Gasteiger partial charge in [-0.2, -0.15) is 0 Å². The number of likely N-dealkylation sites (N-methyl/N-ethyl adjacent to an activating group) is 1. The van der Waals surface area contributed by atoms with Crippen LogP contribution in [0.2, 0.25) is 0 Å². The van der Waals surface area contributed by atoms with E-state index in [2.05, 4.69) is 0 Å². The summed E-state index contributed by atoms with van der Waals surface area (Å²) in [6.07, 6.45) is 6.10. The molecule has 2 atom stereocenters. The van der Waals surface area contributed by atoms with Gasteiger partial charge < -0.3 is 20.2 Å². The van der Waals surface area contributed by atoms with Gasteiger partial charge >= 0.3 is 6.03 Å². The highest BCUT2D eigenvalue weighted by Crippen LogP contribution is 2.33. The van der Waals surface area contributed by atoms with Crippen LogP contribution in [0.15, 0.2) is 102 Å². The van der Waals surface area contributed by atoms with E-state index in [0.717, 1.165) is 16.7 Å². The summed E-state index contributed by atoms with van der Waals surface area (Å²) in [7, 11) is 1.70. The van der Waals surface area contributed by atoms with Gasteiger partial charge in [-0.3, -0.25) is 4.90 Å². The molecule has 0 radical (unpaired) electrons. The second-order valence-corrected chi connectivity index (χ2v) is 9.66. The van der Waals surface area contributed by atoms with Gasteiger partial charge in [0.1, 0.15) is 23.1 Å². The van der Waals surface area contributed by atoms with E-state index in [4.69, 9.17) is 0 Å². The number of phenols is 1. The minimum atomic E-state index is -0.462. The Balaban J connectivity index is 0.000000313. The molecule has 222 valence electrons. The van der Waals surface area contributed by atoms with Crippen LogP contribution >= 0.6 is 0 Å². The number of hydrogen-bond donors (Lipinski definition) is 3. The van der Waals surface area contributed by atoms with E-state index in [1.165, 1.54) is 24.3 Å². The Bertz CT molecular complexity index is 1430. The van der Waals surface area contributed by atoms with Crippen LogP contribution in [-0.2, 0) is 0 Å². The molecule has 1 saturated heterocycles. The summed E-state index contributed by atoms with van der Waals surface area (Å²) < 4.78 is 25.7. The van der Waals surface area contributed by atoms with Gasteiger partial charge in [-0.1, -0.05) is 57.2 Å². The maximum atomic E-state index is 13.3. The Hall–Kier alpha value is -4.43. The van der Waals surface area contributed by atoms with Crippen LogP contribution < -0.4 is 4.90 Å². The van der Waals surface area contributed by atoms with E-state index in [1.807, 2.05) is 39.0 Å². The number of carbonyl (C=O) groups is 1.